The van der Waals surface area contributed by atoms with Crippen LogP contribution >= 0.6 is 11.3 Å². The first-order valence-electron chi connectivity index (χ1n) is 8.55. The quantitative estimate of drug-likeness (QED) is 0.538. The lowest BCUT2D eigenvalue weighted by atomic mass is 10.2. The van der Waals surface area contributed by atoms with Crippen LogP contribution in [-0.4, -0.2) is 66.4 Å². The predicted octanol–water partition coefficient (Wildman–Crippen LogP) is 2.03. The third-order valence-electron chi connectivity index (χ3n) is 4.36. The van der Waals surface area contributed by atoms with E-state index in [1.807, 2.05) is 11.4 Å². The molecule has 1 aromatic carbocycles. The number of carbonyl (C=O) groups is 2. The van der Waals surface area contributed by atoms with Crippen LogP contribution in [0, 0.1) is 10.1 Å². The first kappa shape index (κ1) is 19.6. The molecule has 1 saturated heterocycles. The summed E-state index contributed by atoms with van der Waals surface area (Å²) < 4.78 is 10.6. The van der Waals surface area contributed by atoms with Crippen molar-refractivity contribution in [1.82, 2.24) is 9.80 Å². The highest BCUT2D eigenvalue weighted by Crippen LogP contribution is 2.31. The minimum absolute atomic E-state index is 0.0281. The highest BCUT2D eigenvalue weighted by Gasteiger charge is 2.25. The van der Waals surface area contributed by atoms with Gasteiger partial charge in [0.1, 0.15) is 0 Å². The number of thiophene rings is 1. The Morgan fingerprint density at radius 2 is 1.86 bits per heavy atom. The second kappa shape index (κ2) is 8.70. The summed E-state index contributed by atoms with van der Waals surface area (Å²) in [4.78, 5) is 39.1. The van der Waals surface area contributed by atoms with E-state index in [9.17, 15) is 19.7 Å². The molecule has 0 bridgehead atoms. The molecule has 0 spiro atoms. The molecule has 0 radical (unpaired) electrons. The van der Waals surface area contributed by atoms with Crippen molar-refractivity contribution in [1.29, 1.82) is 0 Å². The van der Waals surface area contributed by atoms with E-state index in [4.69, 9.17) is 9.47 Å². The molecule has 0 aliphatic carbocycles. The van der Waals surface area contributed by atoms with E-state index in [2.05, 4.69) is 0 Å². The number of hydrogen-bond acceptors (Lipinski definition) is 7. The van der Waals surface area contributed by atoms with Gasteiger partial charge in [-0.15, -0.1) is 11.3 Å². The number of amides is 2. The van der Waals surface area contributed by atoms with Gasteiger partial charge in [-0.1, -0.05) is 6.07 Å². The molecule has 1 aromatic heterocycles. The lowest BCUT2D eigenvalue weighted by Gasteiger charge is -2.34. The van der Waals surface area contributed by atoms with E-state index in [-0.39, 0.29) is 29.9 Å². The van der Waals surface area contributed by atoms with Crippen molar-refractivity contribution in [3.63, 3.8) is 0 Å². The van der Waals surface area contributed by atoms with E-state index in [1.54, 1.807) is 15.9 Å². The minimum Gasteiger partial charge on any atom is -0.493 e. The van der Waals surface area contributed by atoms with Crippen LogP contribution in [0.3, 0.4) is 0 Å². The normalized spacial score (nSPS) is 13.9. The lowest BCUT2D eigenvalue weighted by Crippen LogP contribution is -2.51. The van der Waals surface area contributed by atoms with Crippen LogP contribution in [0.1, 0.15) is 9.67 Å². The largest absolute Gasteiger partial charge is 0.493 e. The van der Waals surface area contributed by atoms with Crippen LogP contribution in [-0.2, 0) is 4.79 Å². The summed E-state index contributed by atoms with van der Waals surface area (Å²) in [5, 5.41) is 12.8. The van der Waals surface area contributed by atoms with E-state index in [0.29, 0.717) is 36.8 Å². The van der Waals surface area contributed by atoms with Gasteiger partial charge >= 0.3 is 0 Å². The summed E-state index contributed by atoms with van der Waals surface area (Å²) in [5.74, 6) is 0.165. The number of nitro benzene ring substituents is 1. The third kappa shape index (κ3) is 4.39. The molecule has 0 atom stereocenters. The summed E-state index contributed by atoms with van der Waals surface area (Å²) in [6.45, 7) is 1.44. The SMILES string of the molecule is COc1ccc([N+](=O)[O-])cc1OCC(=O)N1CCN(C(=O)c2cccs2)CC1. The van der Waals surface area contributed by atoms with Crippen molar-refractivity contribution in [3.05, 3.63) is 50.7 Å². The molecular weight excluding hydrogens is 386 g/mol. The highest BCUT2D eigenvalue weighted by molar-refractivity contribution is 7.12. The van der Waals surface area contributed by atoms with Crippen molar-refractivity contribution in [2.75, 3.05) is 39.9 Å². The molecule has 1 fully saturated rings. The lowest BCUT2D eigenvalue weighted by molar-refractivity contribution is -0.385. The molecule has 9 nitrogen and oxygen atoms in total. The van der Waals surface area contributed by atoms with Gasteiger partial charge in [-0.2, -0.15) is 0 Å². The Labute approximate surface area is 165 Å². The zero-order valence-electron chi connectivity index (χ0n) is 15.2. The van der Waals surface area contributed by atoms with E-state index in [1.165, 1.54) is 36.6 Å². The number of nitrogens with zero attached hydrogens (tertiary/aromatic N) is 3. The standard InChI is InChI=1S/C18H19N3O6S/c1-26-14-5-4-13(21(24)25)11-15(14)27-12-17(22)19-6-8-20(9-7-19)18(23)16-3-2-10-28-16/h2-5,10-11H,6-9,12H2,1H3. The number of non-ortho nitro benzene ring substituents is 1. The van der Waals surface area contributed by atoms with E-state index >= 15 is 0 Å². The first-order valence-corrected chi connectivity index (χ1v) is 9.43. The maximum Gasteiger partial charge on any atom is 0.273 e. The number of carbonyl (C=O) groups excluding carboxylic acids is 2. The number of ether oxygens (including phenoxy) is 2. The number of hydrogen-bond donors (Lipinski definition) is 0. The zero-order valence-corrected chi connectivity index (χ0v) is 16.0. The van der Waals surface area contributed by atoms with E-state index in [0.717, 1.165) is 0 Å². The predicted molar refractivity (Wildman–Crippen MR) is 102 cm³/mol. The number of methoxy groups -OCH3 is 1. The molecule has 28 heavy (non-hydrogen) atoms. The molecule has 3 rings (SSSR count). The summed E-state index contributed by atoms with van der Waals surface area (Å²) in [5.41, 5.74) is -0.149. The number of nitro groups is 1. The second-order valence-electron chi connectivity index (χ2n) is 6.03. The topological polar surface area (TPSA) is 102 Å². The number of benzene rings is 1. The van der Waals surface area contributed by atoms with Gasteiger partial charge in [0.05, 0.1) is 23.0 Å². The van der Waals surface area contributed by atoms with Crippen molar-refractivity contribution < 1.29 is 24.0 Å². The molecule has 2 heterocycles. The Bertz CT molecular complexity index is 862. The Kier molecular flexibility index (Phi) is 6.09. The Balaban J connectivity index is 1.54. The van der Waals surface area contributed by atoms with Crippen LogP contribution in [0.4, 0.5) is 5.69 Å². The highest BCUT2D eigenvalue weighted by atomic mass is 32.1. The molecule has 0 unspecified atom stereocenters. The van der Waals surface area contributed by atoms with Gasteiger partial charge in [-0.05, 0) is 17.5 Å². The Hall–Kier alpha value is -3.14. The fourth-order valence-electron chi connectivity index (χ4n) is 2.84. The molecule has 0 N–H and O–H groups in total. The molecule has 0 saturated carbocycles. The van der Waals surface area contributed by atoms with E-state index < -0.39 is 4.92 Å². The van der Waals surface area contributed by atoms with Crippen molar-refractivity contribution in [2.24, 2.45) is 0 Å². The molecule has 1 aliphatic rings. The van der Waals surface area contributed by atoms with Crippen LogP contribution in [0.15, 0.2) is 35.7 Å². The summed E-state index contributed by atoms with van der Waals surface area (Å²) >= 11 is 1.39. The molecule has 2 aromatic rings. The van der Waals surface area contributed by atoms with Gasteiger partial charge < -0.3 is 19.3 Å². The molecule has 2 amide bonds. The average molecular weight is 405 g/mol. The van der Waals surface area contributed by atoms with Gasteiger partial charge in [-0.25, -0.2) is 0 Å². The van der Waals surface area contributed by atoms with Gasteiger partial charge in [-0.3, -0.25) is 19.7 Å². The monoisotopic (exact) mass is 405 g/mol. The molecular formula is C18H19N3O6S. The van der Waals surface area contributed by atoms with Gasteiger partial charge in [0.2, 0.25) is 0 Å². The maximum absolute atomic E-state index is 12.4. The maximum atomic E-state index is 12.4. The molecule has 148 valence electrons. The van der Waals surface area contributed by atoms with Crippen molar-refractivity contribution in [3.8, 4) is 11.5 Å². The fourth-order valence-corrected chi connectivity index (χ4v) is 3.53. The first-order chi connectivity index (χ1) is 13.5. The van der Waals surface area contributed by atoms with Crippen LogP contribution in [0.5, 0.6) is 11.5 Å². The van der Waals surface area contributed by atoms with Crippen LogP contribution < -0.4 is 9.47 Å². The van der Waals surface area contributed by atoms with Gasteiger partial charge in [0, 0.05) is 32.2 Å². The van der Waals surface area contributed by atoms with Crippen LogP contribution in [0.2, 0.25) is 0 Å². The van der Waals surface area contributed by atoms with Crippen molar-refractivity contribution in [2.45, 2.75) is 0 Å². The van der Waals surface area contributed by atoms with Gasteiger partial charge in [0.15, 0.2) is 18.1 Å². The van der Waals surface area contributed by atoms with Crippen molar-refractivity contribution >= 4 is 28.8 Å². The van der Waals surface area contributed by atoms with Gasteiger partial charge in [0.25, 0.3) is 17.5 Å². The Morgan fingerprint density at radius 3 is 2.46 bits per heavy atom. The fraction of sp³-hybridized carbons (Fsp3) is 0.333. The molecule has 1 aliphatic heterocycles. The van der Waals surface area contributed by atoms with Crippen LogP contribution in [0.25, 0.3) is 0 Å². The number of rotatable bonds is 6. The average Bonchev–Trinajstić information content (AvgIpc) is 3.26. The smallest absolute Gasteiger partial charge is 0.273 e. The third-order valence-corrected chi connectivity index (χ3v) is 5.22. The number of piperazine rings is 1. The summed E-state index contributed by atoms with van der Waals surface area (Å²) in [6, 6.07) is 7.57. The molecule has 10 heteroatoms. The zero-order chi connectivity index (χ0) is 20.1. The Morgan fingerprint density at radius 1 is 1.14 bits per heavy atom. The summed E-state index contributed by atoms with van der Waals surface area (Å²) in [7, 11) is 1.42. The second-order valence-corrected chi connectivity index (χ2v) is 6.98. The summed E-state index contributed by atoms with van der Waals surface area (Å²) in [6.07, 6.45) is 0. The minimum atomic E-state index is -0.544.